The van der Waals surface area contributed by atoms with E-state index >= 15 is 0 Å². The van der Waals surface area contributed by atoms with Gasteiger partial charge < -0.3 is 10.1 Å². The van der Waals surface area contributed by atoms with Gasteiger partial charge in [0, 0.05) is 25.7 Å². The standard InChI is InChI=1S/C12H19F2NO/c13-12(14)10(9-2-6-16-7-3-9)11(12)4-1-5-15-8-11/h9-10,15H,1-8H2. The van der Waals surface area contributed by atoms with E-state index < -0.39 is 11.3 Å². The molecular weight excluding hydrogens is 212 g/mol. The summed E-state index contributed by atoms with van der Waals surface area (Å²) in [5.74, 6) is -2.62. The Bertz CT molecular complexity index is 270. The van der Waals surface area contributed by atoms with Gasteiger partial charge in [-0.2, -0.15) is 0 Å². The third-order valence-electron chi connectivity index (χ3n) is 4.72. The van der Waals surface area contributed by atoms with Gasteiger partial charge in [-0.3, -0.25) is 0 Å². The molecule has 2 atom stereocenters. The second-order valence-corrected chi connectivity index (χ2v) is 5.49. The van der Waals surface area contributed by atoms with Gasteiger partial charge in [0.1, 0.15) is 0 Å². The molecule has 92 valence electrons. The van der Waals surface area contributed by atoms with Crippen molar-refractivity contribution in [2.24, 2.45) is 17.3 Å². The Morgan fingerprint density at radius 1 is 1.19 bits per heavy atom. The largest absolute Gasteiger partial charge is 0.381 e. The van der Waals surface area contributed by atoms with E-state index in [-0.39, 0.29) is 11.8 Å². The summed E-state index contributed by atoms with van der Waals surface area (Å²) in [6.07, 6.45) is 3.24. The first-order chi connectivity index (χ1) is 7.68. The van der Waals surface area contributed by atoms with Gasteiger partial charge in [0.2, 0.25) is 0 Å². The molecule has 1 saturated carbocycles. The van der Waals surface area contributed by atoms with Crippen LogP contribution in [0.4, 0.5) is 8.78 Å². The van der Waals surface area contributed by atoms with E-state index in [1.165, 1.54) is 0 Å². The Balaban J connectivity index is 1.75. The lowest BCUT2D eigenvalue weighted by atomic mass is 9.85. The van der Waals surface area contributed by atoms with Crippen LogP contribution in [0.5, 0.6) is 0 Å². The minimum atomic E-state index is -2.43. The molecule has 1 spiro atoms. The number of rotatable bonds is 1. The predicted octanol–water partition coefficient (Wildman–Crippen LogP) is 2.05. The van der Waals surface area contributed by atoms with E-state index in [1.807, 2.05) is 0 Å². The van der Waals surface area contributed by atoms with Crippen LogP contribution in [0.2, 0.25) is 0 Å². The molecule has 1 aliphatic carbocycles. The Morgan fingerprint density at radius 2 is 1.94 bits per heavy atom. The zero-order valence-corrected chi connectivity index (χ0v) is 9.48. The van der Waals surface area contributed by atoms with Gasteiger partial charge in [-0.1, -0.05) is 0 Å². The molecule has 0 aromatic rings. The van der Waals surface area contributed by atoms with E-state index in [0.29, 0.717) is 26.2 Å². The molecule has 0 radical (unpaired) electrons. The summed E-state index contributed by atoms with van der Waals surface area (Å²) in [7, 11) is 0. The van der Waals surface area contributed by atoms with Crippen LogP contribution in [-0.4, -0.2) is 32.2 Å². The first kappa shape index (κ1) is 10.9. The van der Waals surface area contributed by atoms with E-state index in [9.17, 15) is 8.78 Å². The third-order valence-corrected chi connectivity index (χ3v) is 4.72. The van der Waals surface area contributed by atoms with Crippen molar-refractivity contribution in [2.45, 2.75) is 31.6 Å². The molecule has 4 heteroatoms. The number of halogens is 2. The Hall–Kier alpha value is -0.220. The van der Waals surface area contributed by atoms with Gasteiger partial charge in [0.15, 0.2) is 0 Å². The van der Waals surface area contributed by atoms with Crippen molar-refractivity contribution < 1.29 is 13.5 Å². The molecule has 2 aliphatic heterocycles. The SMILES string of the molecule is FC1(F)C(C2CCOCC2)C12CCCNC2. The van der Waals surface area contributed by atoms with Crippen molar-refractivity contribution in [3.8, 4) is 0 Å². The summed E-state index contributed by atoms with van der Waals surface area (Å²) in [5, 5.41) is 3.15. The van der Waals surface area contributed by atoms with Crippen LogP contribution in [0.15, 0.2) is 0 Å². The summed E-state index contributed by atoms with van der Waals surface area (Å²) in [6.45, 7) is 2.75. The zero-order valence-electron chi connectivity index (χ0n) is 9.48. The maximum absolute atomic E-state index is 14.0. The van der Waals surface area contributed by atoms with Crippen LogP contribution in [0, 0.1) is 17.3 Å². The quantitative estimate of drug-likeness (QED) is 0.745. The minimum absolute atomic E-state index is 0.184. The van der Waals surface area contributed by atoms with E-state index in [2.05, 4.69) is 5.32 Å². The molecule has 16 heavy (non-hydrogen) atoms. The molecule has 2 nitrogen and oxygen atoms in total. The number of hydrogen-bond donors (Lipinski definition) is 1. The van der Waals surface area contributed by atoms with E-state index in [4.69, 9.17) is 4.74 Å². The lowest BCUT2D eigenvalue weighted by Gasteiger charge is -2.26. The fourth-order valence-corrected chi connectivity index (χ4v) is 3.81. The summed E-state index contributed by atoms with van der Waals surface area (Å²) in [4.78, 5) is 0. The van der Waals surface area contributed by atoms with Crippen molar-refractivity contribution in [1.82, 2.24) is 5.32 Å². The average molecular weight is 231 g/mol. The smallest absolute Gasteiger partial charge is 0.259 e. The summed E-state index contributed by atoms with van der Waals surface area (Å²) in [6, 6.07) is 0. The van der Waals surface area contributed by atoms with Gasteiger partial charge >= 0.3 is 0 Å². The van der Waals surface area contributed by atoms with Crippen LogP contribution in [0.25, 0.3) is 0 Å². The molecule has 2 saturated heterocycles. The Kier molecular flexibility index (Phi) is 2.48. The molecule has 1 N–H and O–H groups in total. The molecular formula is C12H19F2NO. The van der Waals surface area contributed by atoms with Gasteiger partial charge in [-0.15, -0.1) is 0 Å². The van der Waals surface area contributed by atoms with Crippen molar-refractivity contribution in [3.63, 3.8) is 0 Å². The highest BCUT2D eigenvalue weighted by molar-refractivity contribution is 5.21. The number of piperidine rings is 1. The highest BCUT2D eigenvalue weighted by Crippen LogP contribution is 2.72. The lowest BCUT2D eigenvalue weighted by molar-refractivity contribution is 0.0244. The fraction of sp³-hybridized carbons (Fsp3) is 1.00. The highest BCUT2D eigenvalue weighted by Gasteiger charge is 2.80. The summed E-state index contributed by atoms with van der Waals surface area (Å²) < 4.78 is 33.3. The fourth-order valence-electron chi connectivity index (χ4n) is 3.81. The van der Waals surface area contributed by atoms with Crippen molar-refractivity contribution in [2.75, 3.05) is 26.3 Å². The minimum Gasteiger partial charge on any atom is -0.381 e. The van der Waals surface area contributed by atoms with Crippen LogP contribution in [-0.2, 0) is 4.74 Å². The van der Waals surface area contributed by atoms with Gasteiger partial charge in [-0.25, -0.2) is 8.78 Å². The Labute approximate surface area is 94.7 Å². The van der Waals surface area contributed by atoms with E-state index in [0.717, 1.165) is 25.8 Å². The zero-order chi connectivity index (χ0) is 11.2. The van der Waals surface area contributed by atoms with Crippen molar-refractivity contribution in [3.05, 3.63) is 0 Å². The number of ether oxygens (including phenoxy) is 1. The summed E-state index contributed by atoms with van der Waals surface area (Å²) in [5.41, 5.74) is -0.701. The molecule has 0 amide bonds. The molecule has 2 heterocycles. The molecule has 2 unspecified atom stereocenters. The average Bonchev–Trinajstić information content (AvgIpc) is 2.76. The number of nitrogens with one attached hydrogen (secondary N) is 1. The third kappa shape index (κ3) is 1.35. The van der Waals surface area contributed by atoms with Crippen LogP contribution in [0.1, 0.15) is 25.7 Å². The molecule has 3 aliphatic rings. The first-order valence-electron chi connectivity index (χ1n) is 6.35. The van der Waals surface area contributed by atoms with Gasteiger partial charge in [0.25, 0.3) is 5.92 Å². The molecule has 0 aromatic heterocycles. The molecule has 3 fully saturated rings. The Morgan fingerprint density at radius 3 is 2.56 bits per heavy atom. The molecule has 0 aromatic carbocycles. The molecule has 3 rings (SSSR count). The van der Waals surface area contributed by atoms with Crippen molar-refractivity contribution in [1.29, 1.82) is 0 Å². The highest BCUT2D eigenvalue weighted by atomic mass is 19.3. The van der Waals surface area contributed by atoms with Crippen LogP contribution in [0.3, 0.4) is 0 Å². The van der Waals surface area contributed by atoms with Gasteiger partial charge in [-0.05, 0) is 38.1 Å². The van der Waals surface area contributed by atoms with Crippen LogP contribution >= 0.6 is 0 Å². The normalized spacial score (nSPS) is 43.5. The monoisotopic (exact) mass is 231 g/mol. The topological polar surface area (TPSA) is 21.3 Å². The number of hydrogen-bond acceptors (Lipinski definition) is 2. The predicted molar refractivity (Wildman–Crippen MR) is 56.5 cm³/mol. The maximum atomic E-state index is 14.0. The van der Waals surface area contributed by atoms with E-state index in [1.54, 1.807) is 0 Å². The van der Waals surface area contributed by atoms with Crippen LogP contribution < -0.4 is 5.32 Å². The second-order valence-electron chi connectivity index (χ2n) is 5.49. The number of alkyl halides is 2. The maximum Gasteiger partial charge on any atom is 0.259 e. The first-order valence-corrected chi connectivity index (χ1v) is 6.35. The molecule has 0 bridgehead atoms. The lowest BCUT2D eigenvalue weighted by Crippen LogP contribution is -2.35. The van der Waals surface area contributed by atoms with Crippen molar-refractivity contribution >= 4 is 0 Å². The summed E-state index contributed by atoms with van der Waals surface area (Å²) >= 11 is 0. The van der Waals surface area contributed by atoms with Gasteiger partial charge in [0.05, 0.1) is 5.41 Å². The second kappa shape index (κ2) is 3.64.